The van der Waals surface area contributed by atoms with Gasteiger partial charge in [-0.15, -0.1) is 0 Å². The highest BCUT2D eigenvalue weighted by atomic mass is 16.5. The van der Waals surface area contributed by atoms with E-state index in [1.807, 2.05) is 0 Å². The summed E-state index contributed by atoms with van der Waals surface area (Å²) < 4.78 is 4.35. The molecule has 0 aliphatic heterocycles. The fourth-order valence-electron chi connectivity index (χ4n) is 0.818. The Morgan fingerprint density at radius 3 is 2.53 bits per heavy atom. The van der Waals surface area contributed by atoms with Gasteiger partial charge in [-0.1, -0.05) is 0 Å². The van der Waals surface area contributed by atoms with Gasteiger partial charge < -0.3 is 20.9 Å². The van der Waals surface area contributed by atoms with E-state index in [0.29, 0.717) is 0 Å². The van der Waals surface area contributed by atoms with E-state index in [4.69, 9.17) is 10.8 Å². The third kappa shape index (κ3) is 6.44. The van der Waals surface area contributed by atoms with Gasteiger partial charge in [-0.25, -0.2) is 0 Å². The van der Waals surface area contributed by atoms with E-state index in [-0.39, 0.29) is 12.8 Å². The van der Waals surface area contributed by atoms with Gasteiger partial charge in [0.1, 0.15) is 12.6 Å². The fourth-order valence-corrected chi connectivity index (χ4v) is 0.818. The predicted octanol–water partition coefficient (Wildman–Crippen LogP) is -1.53. The molecule has 86 valence electrons. The standard InChI is InChI=1S/C8H14N2O5/c1-15-8(14)5(9)2-3-6(11)10-4-7(12)13/h5H,2-4,9H2,1H3,(H,10,11)(H,12,13)/t5-/m1/s1. The smallest absolute Gasteiger partial charge is 0.322 e. The summed E-state index contributed by atoms with van der Waals surface area (Å²) in [6.07, 6.45) is 0.113. The first-order valence-electron chi connectivity index (χ1n) is 4.29. The molecule has 15 heavy (non-hydrogen) atoms. The number of ether oxygens (including phenoxy) is 1. The van der Waals surface area contributed by atoms with Gasteiger partial charge in [-0.2, -0.15) is 0 Å². The number of hydrogen-bond acceptors (Lipinski definition) is 5. The number of nitrogens with one attached hydrogen (secondary N) is 1. The number of hydrogen-bond donors (Lipinski definition) is 3. The van der Waals surface area contributed by atoms with Crippen molar-refractivity contribution < 1.29 is 24.2 Å². The molecule has 4 N–H and O–H groups in total. The summed E-state index contributed by atoms with van der Waals surface area (Å²) in [5.41, 5.74) is 5.36. The summed E-state index contributed by atoms with van der Waals surface area (Å²) >= 11 is 0. The van der Waals surface area contributed by atoms with E-state index in [0.717, 1.165) is 0 Å². The predicted molar refractivity (Wildman–Crippen MR) is 49.9 cm³/mol. The molecule has 1 amide bonds. The monoisotopic (exact) mass is 218 g/mol. The highest BCUT2D eigenvalue weighted by Gasteiger charge is 2.15. The van der Waals surface area contributed by atoms with Crippen LogP contribution in [-0.4, -0.2) is 42.6 Å². The van der Waals surface area contributed by atoms with Crippen LogP contribution in [-0.2, 0) is 19.1 Å². The van der Waals surface area contributed by atoms with E-state index in [1.54, 1.807) is 0 Å². The summed E-state index contributed by atoms with van der Waals surface area (Å²) in [6, 6.07) is -0.856. The van der Waals surface area contributed by atoms with Crippen molar-refractivity contribution in [1.82, 2.24) is 5.32 Å². The van der Waals surface area contributed by atoms with Gasteiger partial charge in [0.25, 0.3) is 0 Å². The van der Waals surface area contributed by atoms with E-state index in [9.17, 15) is 14.4 Å². The molecule has 7 nitrogen and oxygen atoms in total. The molecule has 0 aromatic carbocycles. The molecule has 0 aliphatic rings. The minimum atomic E-state index is -1.12. The van der Waals surface area contributed by atoms with Crippen LogP contribution >= 0.6 is 0 Å². The Balaban J connectivity index is 3.71. The molecule has 0 rings (SSSR count). The average molecular weight is 218 g/mol. The Hall–Kier alpha value is -1.63. The lowest BCUT2D eigenvalue weighted by Crippen LogP contribution is -2.35. The number of carboxylic acid groups (broad SMARTS) is 1. The van der Waals surface area contributed by atoms with Gasteiger partial charge in [0, 0.05) is 6.42 Å². The zero-order chi connectivity index (χ0) is 11.8. The Morgan fingerprint density at radius 1 is 1.47 bits per heavy atom. The molecular formula is C8H14N2O5. The molecule has 0 radical (unpaired) electrons. The first kappa shape index (κ1) is 13.4. The zero-order valence-electron chi connectivity index (χ0n) is 8.36. The molecule has 0 heterocycles. The Kier molecular flexibility index (Phi) is 6.03. The number of nitrogens with two attached hydrogens (primary N) is 1. The molecule has 1 atom stereocenters. The van der Waals surface area contributed by atoms with Gasteiger partial charge in [0.15, 0.2) is 0 Å². The molecule has 7 heteroatoms. The quantitative estimate of drug-likeness (QED) is 0.465. The maximum Gasteiger partial charge on any atom is 0.322 e. The van der Waals surface area contributed by atoms with Crippen molar-refractivity contribution in [3.05, 3.63) is 0 Å². The molecule has 0 fully saturated rings. The Bertz CT molecular complexity index is 253. The maximum absolute atomic E-state index is 11.0. The normalized spacial score (nSPS) is 11.6. The first-order chi connectivity index (χ1) is 6.97. The minimum absolute atomic E-state index is 0.0104. The summed E-state index contributed by atoms with van der Waals surface area (Å²) in [5.74, 6) is -2.18. The molecule has 0 saturated heterocycles. The fraction of sp³-hybridized carbons (Fsp3) is 0.625. The molecule has 0 aliphatic carbocycles. The second-order valence-electron chi connectivity index (χ2n) is 2.84. The van der Waals surface area contributed by atoms with Crippen molar-refractivity contribution in [2.24, 2.45) is 5.73 Å². The Morgan fingerprint density at radius 2 is 2.07 bits per heavy atom. The average Bonchev–Trinajstić information content (AvgIpc) is 2.21. The number of methoxy groups -OCH3 is 1. The van der Waals surface area contributed by atoms with Crippen molar-refractivity contribution in [1.29, 1.82) is 0 Å². The van der Waals surface area contributed by atoms with Crippen LogP contribution in [0.3, 0.4) is 0 Å². The van der Waals surface area contributed by atoms with E-state index < -0.39 is 30.4 Å². The van der Waals surface area contributed by atoms with Crippen LogP contribution in [0.4, 0.5) is 0 Å². The van der Waals surface area contributed by atoms with Gasteiger partial charge in [-0.05, 0) is 6.42 Å². The number of rotatable bonds is 6. The van der Waals surface area contributed by atoms with Crippen LogP contribution in [0, 0.1) is 0 Å². The van der Waals surface area contributed by atoms with Crippen molar-refractivity contribution in [2.45, 2.75) is 18.9 Å². The van der Waals surface area contributed by atoms with E-state index in [1.165, 1.54) is 7.11 Å². The largest absolute Gasteiger partial charge is 0.480 e. The van der Waals surface area contributed by atoms with Crippen LogP contribution < -0.4 is 11.1 Å². The second kappa shape index (κ2) is 6.77. The lowest BCUT2D eigenvalue weighted by Gasteiger charge is -2.08. The summed E-state index contributed by atoms with van der Waals surface area (Å²) in [5, 5.41) is 10.4. The summed E-state index contributed by atoms with van der Waals surface area (Å²) in [4.78, 5) is 31.9. The number of esters is 1. The van der Waals surface area contributed by atoms with E-state index in [2.05, 4.69) is 10.1 Å². The van der Waals surface area contributed by atoms with Gasteiger partial charge >= 0.3 is 11.9 Å². The SMILES string of the molecule is COC(=O)[C@H](N)CCC(=O)NCC(=O)O. The number of carbonyl (C=O) groups excluding carboxylic acids is 2. The third-order valence-corrected chi connectivity index (χ3v) is 1.62. The number of carbonyl (C=O) groups is 3. The lowest BCUT2D eigenvalue weighted by atomic mass is 10.1. The van der Waals surface area contributed by atoms with Crippen LogP contribution in [0.25, 0.3) is 0 Å². The van der Waals surface area contributed by atoms with Gasteiger partial charge in [-0.3, -0.25) is 14.4 Å². The third-order valence-electron chi connectivity index (χ3n) is 1.62. The van der Waals surface area contributed by atoms with Crippen molar-refractivity contribution in [2.75, 3.05) is 13.7 Å². The van der Waals surface area contributed by atoms with Gasteiger partial charge in [0.05, 0.1) is 7.11 Å². The van der Waals surface area contributed by atoms with Crippen LogP contribution in [0.1, 0.15) is 12.8 Å². The number of carboxylic acids is 1. The molecule has 0 unspecified atom stereocenters. The van der Waals surface area contributed by atoms with Crippen LogP contribution in [0.15, 0.2) is 0 Å². The van der Waals surface area contributed by atoms with Crippen molar-refractivity contribution in [3.63, 3.8) is 0 Å². The van der Waals surface area contributed by atoms with Crippen molar-refractivity contribution >= 4 is 17.8 Å². The van der Waals surface area contributed by atoms with Gasteiger partial charge in [0.2, 0.25) is 5.91 Å². The Labute approximate surface area is 86.6 Å². The lowest BCUT2D eigenvalue weighted by molar-refractivity contribution is -0.142. The minimum Gasteiger partial charge on any atom is -0.480 e. The molecule has 0 bridgehead atoms. The van der Waals surface area contributed by atoms with Crippen LogP contribution in [0.5, 0.6) is 0 Å². The molecule has 0 spiro atoms. The van der Waals surface area contributed by atoms with Crippen molar-refractivity contribution in [3.8, 4) is 0 Å². The maximum atomic E-state index is 11.0. The number of amides is 1. The second-order valence-corrected chi connectivity index (χ2v) is 2.84. The highest BCUT2D eigenvalue weighted by Crippen LogP contribution is 1.96. The van der Waals surface area contributed by atoms with Crippen LogP contribution in [0.2, 0.25) is 0 Å². The summed E-state index contributed by atoms with van der Waals surface area (Å²) in [7, 11) is 1.20. The molecular weight excluding hydrogens is 204 g/mol. The zero-order valence-corrected chi connectivity index (χ0v) is 8.36. The molecule has 0 saturated carbocycles. The molecule has 0 aromatic rings. The summed E-state index contributed by atoms with van der Waals surface area (Å²) in [6.45, 7) is -0.438. The van der Waals surface area contributed by atoms with E-state index >= 15 is 0 Å². The number of aliphatic carboxylic acids is 1. The molecule has 0 aromatic heterocycles. The first-order valence-corrected chi connectivity index (χ1v) is 4.29. The highest BCUT2D eigenvalue weighted by molar-refractivity contribution is 5.82. The topological polar surface area (TPSA) is 119 Å².